The number of aliphatic carboxylic acids is 1. The third-order valence-corrected chi connectivity index (χ3v) is 4.77. The second-order valence-electron chi connectivity index (χ2n) is 5.79. The second kappa shape index (κ2) is 8.06. The van der Waals surface area contributed by atoms with Crippen molar-refractivity contribution in [3.63, 3.8) is 0 Å². The summed E-state index contributed by atoms with van der Waals surface area (Å²) < 4.78 is 27.9. The summed E-state index contributed by atoms with van der Waals surface area (Å²) in [5.41, 5.74) is 0.555. The van der Waals surface area contributed by atoms with E-state index in [4.69, 9.17) is 5.11 Å². The van der Waals surface area contributed by atoms with E-state index in [1.165, 1.54) is 30.5 Å². The second-order valence-corrected chi connectivity index (χ2v) is 7.50. The van der Waals surface area contributed by atoms with Crippen LogP contribution in [-0.4, -0.2) is 46.4 Å². The van der Waals surface area contributed by atoms with Crippen LogP contribution < -0.4 is 10.0 Å². The number of amides is 1. The first kappa shape index (κ1) is 19.5. The molecule has 1 amide bonds. The molecule has 1 aromatic heterocycles. The maximum Gasteiger partial charge on any atom is 0.325 e. The Morgan fingerprint density at radius 2 is 2.04 bits per heavy atom. The maximum atomic E-state index is 12.2. The Balaban J connectivity index is 2.05. The van der Waals surface area contributed by atoms with E-state index in [1.807, 2.05) is 0 Å². The van der Waals surface area contributed by atoms with Crippen LogP contribution in [-0.2, 0) is 27.9 Å². The Labute approximate surface area is 150 Å². The van der Waals surface area contributed by atoms with Crippen LogP contribution in [0.2, 0.25) is 0 Å². The fraction of sp³-hybridized carbons (Fsp3) is 0.333. The van der Waals surface area contributed by atoms with Gasteiger partial charge >= 0.3 is 5.97 Å². The molecule has 0 aliphatic rings. The van der Waals surface area contributed by atoms with Gasteiger partial charge < -0.3 is 10.4 Å². The van der Waals surface area contributed by atoms with Gasteiger partial charge in [-0.3, -0.25) is 9.59 Å². The number of rotatable bonds is 8. The van der Waals surface area contributed by atoms with Gasteiger partial charge in [-0.15, -0.1) is 5.10 Å². The summed E-state index contributed by atoms with van der Waals surface area (Å²) >= 11 is 0. The Kier molecular flexibility index (Phi) is 6.05. The summed E-state index contributed by atoms with van der Waals surface area (Å²) in [5.74, 6) is -1.54. The molecule has 1 heterocycles. The predicted molar refractivity (Wildman–Crippen MR) is 90.7 cm³/mol. The van der Waals surface area contributed by atoms with Crippen molar-refractivity contribution in [3.8, 4) is 0 Å². The molecule has 0 atom stereocenters. The molecular weight excluding hydrogens is 362 g/mol. The average molecular weight is 381 g/mol. The third-order valence-electron chi connectivity index (χ3n) is 3.11. The van der Waals surface area contributed by atoms with Crippen molar-refractivity contribution >= 4 is 21.9 Å². The molecule has 140 valence electrons. The van der Waals surface area contributed by atoms with Crippen molar-refractivity contribution in [2.45, 2.75) is 37.9 Å². The minimum Gasteiger partial charge on any atom is -0.480 e. The number of aromatic nitrogens is 3. The standard InChI is InChI=1S/C15H19N5O5S/c1-10(2)18-26(24,25)13-5-3-4-11(6-13)15(23)16-7-12-8-20(19-17-12)9-14(21)22/h3-6,8,10,18H,7,9H2,1-2H3,(H,16,23)(H,21,22). The van der Waals surface area contributed by atoms with E-state index >= 15 is 0 Å². The molecule has 0 aliphatic carbocycles. The molecule has 0 unspecified atom stereocenters. The molecule has 0 fully saturated rings. The maximum absolute atomic E-state index is 12.2. The van der Waals surface area contributed by atoms with Crippen LogP contribution >= 0.6 is 0 Å². The topological polar surface area (TPSA) is 143 Å². The summed E-state index contributed by atoms with van der Waals surface area (Å²) in [4.78, 5) is 22.8. The molecule has 0 saturated carbocycles. The van der Waals surface area contributed by atoms with Gasteiger partial charge in [-0.2, -0.15) is 0 Å². The van der Waals surface area contributed by atoms with Crippen LogP contribution in [0.25, 0.3) is 0 Å². The van der Waals surface area contributed by atoms with E-state index in [1.54, 1.807) is 13.8 Å². The Morgan fingerprint density at radius 3 is 2.69 bits per heavy atom. The first-order valence-corrected chi connectivity index (χ1v) is 9.17. The van der Waals surface area contributed by atoms with Crippen LogP contribution in [0.5, 0.6) is 0 Å². The van der Waals surface area contributed by atoms with Crippen molar-refractivity contribution in [3.05, 3.63) is 41.7 Å². The number of benzene rings is 1. The summed E-state index contributed by atoms with van der Waals surface area (Å²) in [7, 11) is -3.70. The first-order chi connectivity index (χ1) is 12.2. The highest BCUT2D eigenvalue weighted by molar-refractivity contribution is 7.89. The van der Waals surface area contributed by atoms with E-state index < -0.39 is 21.9 Å². The normalized spacial score (nSPS) is 11.5. The van der Waals surface area contributed by atoms with Gasteiger partial charge in [0.1, 0.15) is 12.2 Å². The minimum atomic E-state index is -3.70. The number of carboxylic acids is 1. The van der Waals surface area contributed by atoms with Crippen LogP contribution in [0.4, 0.5) is 0 Å². The molecular formula is C15H19N5O5S. The highest BCUT2D eigenvalue weighted by Gasteiger charge is 2.17. The Hall–Kier alpha value is -2.79. The zero-order chi connectivity index (χ0) is 19.3. The number of carboxylic acid groups (broad SMARTS) is 1. The SMILES string of the molecule is CC(C)NS(=O)(=O)c1cccc(C(=O)NCc2cn(CC(=O)O)nn2)c1. The van der Waals surface area contributed by atoms with Gasteiger partial charge in [0.2, 0.25) is 10.0 Å². The molecule has 0 bridgehead atoms. The molecule has 1 aromatic carbocycles. The van der Waals surface area contributed by atoms with Crippen molar-refractivity contribution in [2.24, 2.45) is 0 Å². The van der Waals surface area contributed by atoms with Crippen molar-refractivity contribution < 1.29 is 23.1 Å². The molecule has 3 N–H and O–H groups in total. The number of nitrogens with one attached hydrogen (secondary N) is 2. The lowest BCUT2D eigenvalue weighted by Crippen LogP contribution is -2.30. The van der Waals surface area contributed by atoms with E-state index in [-0.39, 0.29) is 29.6 Å². The highest BCUT2D eigenvalue weighted by atomic mass is 32.2. The Morgan fingerprint density at radius 1 is 1.31 bits per heavy atom. The summed E-state index contributed by atoms with van der Waals surface area (Å²) in [6, 6.07) is 5.38. The van der Waals surface area contributed by atoms with Crippen LogP contribution in [0, 0.1) is 0 Å². The molecule has 2 rings (SSSR count). The number of hydrogen-bond acceptors (Lipinski definition) is 6. The molecule has 11 heteroatoms. The molecule has 26 heavy (non-hydrogen) atoms. The number of sulfonamides is 1. The molecule has 0 spiro atoms. The first-order valence-electron chi connectivity index (χ1n) is 7.69. The molecule has 10 nitrogen and oxygen atoms in total. The summed E-state index contributed by atoms with van der Waals surface area (Å²) in [6.45, 7) is 3.10. The summed E-state index contributed by atoms with van der Waals surface area (Å²) in [6.07, 6.45) is 1.40. The number of carbonyl (C=O) groups excluding carboxylic acids is 1. The molecule has 0 radical (unpaired) electrons. The van der Waals surface area contributed by atoms with Gasteiger partial charge in [0, 0.05) is 11.6 Å². The van der Waals surface area contributed by atoms with Gasteiger partial charge in [0.15, 0.2) is 0 Å². The molecule has 0 aliphatic heterocycles. The highest BCUT2D eigenvalue weighted by Crippen LogP contribution is 2.12. The van der Waals surface area contributed by atoms with E-state index in [9.17, 15) is 18.0 Å². The third kappa shape index (κ3) is 5.36. The number of nitrogens with zero attached hydrogens (tertiary/aromatic N) is 3. The van der Waals surface area contributed by atoms with E-state index in [2.05, 4.69) is 20.4 Å². The smallest absolute Gasteiger partial charge is 0.325 e. The zero-order valence-electron chi connectivity index (χ0n) is 14.2. The fourth-order valence-corrected chi connectivity index (χ4v) is 3.39. The lowest BCUT2D eigenvalue weighted by atomic mass is 10.2. The van der Waals surface area contributed by atoms with Crippen molar-refractivity contribution in [2.75, 3.05) is 0 Å². The van der Waals surface area contributed by atoms with Crippen molar-refractivity contribution in [1.82, 2.24) is 25.0 Å². The van der Waals surface area contributed by atoms with Crippen LogP contribution in [0.15, 0.2) is 35.4 Å². The monoisotopic (exact) mass is 381 g/mol. The van der Waals surface area contributed by atoms with Crippen molar-refractivity contribution in [1.29, 1.82) is 0 Å². The van der Waals surface area contributed by atoms with Gasteiger partial charge in [-0.25, -0.2) is 17.8 Å². The number of carbonyl (C=O) groups is 2. The van der Waals surface area contributed by atoms with Gasteiger partial charge in [-0.05, 0) is 32.0 Å². The average Bonchev–Trinajstić information content (AvgIpc) is 2.98. The van der Waals surface area contributed by atoms with E-state index in [0.717, 1.165) is 4.68 Å². The number of hydrogen-bond donors (Lipinski definition) is 3. The quantitative estimate of drug-likeness (QED) is 0.583. The minimum absolute atomic E-state index is 0.00810. The van der Waals surface area contributed by atoms with Crippen LogP contribution in [0.3, 0.4) is 0 Å². The zero-order valence-corrected chi connectivity index (χ0v) is 15.0. The van der Waals surface area contributed by atoms with Gasteiger partial charge in [0.25, 0.3) is 5.91 Å². The predicted octanol–water partition coefficient (Wildman–Crippen LogP) is -0.0206. The largest absolute Gasteiger partial charge is 0.480 e. The van der Waals surface area contributed by atoms with Crippen LogP contribution in [0.1, 0.15) is 29.9 Å². The Bertz CT molecular complexity index is 907. The molecule has 2 aromatic rings. The fourth-order valence-electron chi connectivity index (χ4n) is 2.09. The van der Waals surface area contributed by atoms with E-state index in [0.29, 0.717) is 5.69 Å². The van der Waals surface area contributed by atoms with Gasteiger partial charge in [0.05, 0.1) is 17.6 Å². The lowest BCUT2D eigenvalue weighted by Gasteiger charge is -2.10. The van der Waals surface area contributed by atoms with Gasteiger partial charge in [-0.1, -0.05) is 11.3 Å². The summed E-state index contributed by atoms with van der Waals surface area (Å²) in [5, 5.41) is 18.6. The lowest BCUT2D eigenvalue weighted by molar-refractivity contribution is -0.137. The molecule has 0 saturated heterocycles.